The van der Waals surface area contributed by atoms with Gasteiger partial charge in [-0.2, -0.15) is 5.26 Å². The predicted molar refractivity (Wildman–Crippen MR) is 65.8 cm³/mol. The van der Waals surface area contributed by atoms with Crippen LogP contribution in [0.15, 0.2) is 24.3 Å². The highest BCUT2D eigenvalue weighted by atomic mass is 35.5. The van der Waals surface area contributed by atoms with Crippen LogP contribution in [0.4, 0.5) is 5.69 Å². The number of amides is 1. The predicted octanol–water partition coefficient (Wildman–Crippen LogP) is 1.56. The second kappa shape index (κ2) is 5.17. The van der Waals surface area contributed by atoms with E-state index in [1.807, 2.05) is 18.2 Å². The Labute approximate surface area is 105 Å². The average molecular weight is 250 g/mol. The number of halogens is 1. The van der Waals surface area contributed by atoms with Crippen LogP contribution in [0.25, 0.3) is 0 Å². The standard InChI is InChI=1S/C12H12ClN3O/c13-9-2-1-3-10(8-9)16-7-6-15-11(4-5-14)12(16)17/h1-3,8,11,15H,4,6-7H2. The van der Waals surface area contributed by atoms with Gasteiger partial charge in [0, 0.05) is 23.8 Å². The molecular formula is C12H12ClN3O. The highest BCUT2D eigenvalue weighted by Gasteiger charge is 2.28. The highest BCUT2D eigenvalue weighted by Crippen LogP contribution is 2.21. The number of carbonyl (C=O) groups excluding carboxylic acids is 1. The molecule has 88 valence electrons. The van der Waals surface area contributed by atoms with Crippen molar-refractivity contribution in [3.63, 3.8) is 0 Å². The molecule has 0 aromatic heterocycles. The monoisotopic (exact) mass is 249 g/mol. The molecular weight excluding hydrogens is 238 g/mol. The lowest BCUT2D eigenvalue weighted by Gasteiger charge is -2.32. The van der Waals surface area contributed by atoms with E-state index in [1.54, 1.807) is 17.0 Å². The summed E-state index contributed by atoms with van der Waals surface area (Å²) in [7, 11) is 0. The lowest BCUT2D eigenvalue weighted by atomic mass is 10.1. The van der Waals surface area contributed by atoms with Gasteiger partial charge in [-0.05, 0) is 18.2 Å². The van der Waals surface area contributed by atoms with Crippen LogP contribution in [0, 0.1) is 11.3 Å². The maximum atomic E-state index is 12.1. The first kappa shape index (κ1) is 11.9. The summed E-state index contributed by atoms with van der Waals surface area (Å²) in [6.07, 6.45) is 0.190. The van der Waals surface area contributed by atoms with Crippen LogP contribution in [-0.2, 0) is 4.79 Å². The van der Waals surface area contributed by atoms with Gasteiger partial charge in [0.15, 0.2) is 0 Å². The number of rotatable bonds is 2. The molecule has 17 heavy (non-hydrogen) atoms. The van der Waals surface area contributed by atoms with Crippen molar-refractivity contribution >= 4 is 23.2 Å². The molecule has 1 heterocycles. The Balaban J connectivity index is 2.21. The van der Waals surface area contributed by atoms with E-state index in [4.69, 9.17) is 16.9 Å². The van der Waals surface area contributed by atoms with Crippen LogP contribution in [0.5, 0.6) is 0 Å². The molecule has 1 aliphatic heterocycles. The third kappa shape index (κ3) is 2.57. The number of nitrogens with zero attached hydrogens (tertiary/aromatic N) is 2. The summed E-state index contributed by atoms with van der Waals surface area (Å²) in [5.41, 5.74) is 0.784. The first-order valence-electron chi connectivity index (χ1n) is 5.39. The van der Waals surface area contributed by atoms with E-state index < -0.39 is 6.04 Å². The molecule has 1 aliphatic rings. The molecule has 0 saturated carbocycles. The number of hydrogen-bond acceptors (Lipinski definition) is 3. The molecule has 1 aromatic rings. The summed E-state index contributed by atoms with van der Waals surface area (Å²) in [6.45, 7) is 1.28. The van der Waals surface area contributed by atoms with E-state index in [2.05, 4.69) is 5.32 Å². The minimum atomic E-state index is -0.410. The minimum Gasteiger partial charge on any atom is -0.310 e. The molecule has 1 aromatic carbocycles. The van der Waals surface area contributed by atoms with Gasteiger partial charge in [0.05, 0.1) is 12.5 Å². The molecule has 0 bridgehead atoms. The number of nitrogens with one attached hydrogen (secondary N) is 1. The van der Waals surface area contributed by atoms with Crippen molar-refractivity contribution < 1.29 is 4.79 Å². The van der Waals surface area contributed by atoms with Gasteiger partial charge in [-0.25, -0.2) is 0 Å². The molecule has 1 amide bonds. The summed E-state index contributed by atoms with van der Waals surface area (Å²) in [4.78, 5) is 13.8. The Morgan fingerprint density at radius 2 is 2.41 bits per heavy atom. The first-order valence-corrected chi connectivity index (χ1v) is 5.77. The third-order valence-corrected chi connectivity index (χ3v) is 2.94. The third-order valence-electron chi connectivity index (χ3n) is 2.71. The van der Waals surface area contributed by atoms with Gasteiger partial charge in [-0.15, -0.1) is 0 Å². The normalized spacial score (nSPS) is 20.1. The molecule has 1 fully saturated rings. The van der Waals surface area contributed by atoms with E-state index in [-0.39, 0.29) is 12.3 Å². The molecule has 2 rings (SSSR count). The maximum absolute atomic E-state index is 12.1. The molecule has 1 N–H and O–H groups in total. The van der Waals surface area contributed by atoms with E-state index in [9.17, 15) is 4.79 Å². The summed E-state index contributed by atoms with van der Waals surface area (Å²) in [6, 6.07) is 8.79. The average Bonchev–Trinajstić information content (AvgIpc) is 2.32. The zero-order valence-electron chi connectivity index (χ0n) is 9.19. The van der Waals surface area contributed by atoms with E-state index in [0.717, 1.165) is 5.69 Å². The topological polar surface area (TPSA) is 56.1 Å². The summed E-state index contributed by atoms with van der Waals surface area (Å²) in [5.74, 6) is -0.0694. The van der Waals surface area contributed by atoms with E-state index in [0.29, 0.717) is 18.1 Å². The van der Waals surface area contributed by atoms with Gasteiger partial charge in [0.1, 0.15) is 6.04 Å². The van der Waals surface area contributed by atoms with E-state index in [1.165, 1.54) is 0 Å². The Hall–Kier alpha value is -1.57. The van der Waals surface area contributed by atoms with Crippen LogP contribution in [0.2, 0.25) is 5.02 Å². The molecule has 1 unspecified atom stereocenters. The summed E-state index contributed by atoms with van der Waals surface area (Å²) >= 11 is 5.90. The molecule has 4 nitrogen and oxygen atoms in total. The van der Waals surface area contributed by atoms with Crippen molar-refractivity contribution in [3.05, 3.63) is 29.3 Å². The summed E-state index contributed by atoms with van der Waals surface area (Å²) in [5, 5.41) is 12.3. The van der Waals surface area contributed by atoms with Gasteiger partial charge in [-0.3, -0.25) is 4.79 Å². The Morgan fingerprint density at radius 1 is 1.59 bits per heavy atom. The van der Waals surface area contributed by atoms with E-state index >= 15 is 0 Å². The van der Waals surface area contributed by atoms with Gasteiger partial charge < -0.3 is 10.2 Å². The minimum absolute atomic E-state index is 0.0694. The van der Waals surface area contributed by atoms with Crippen molar-refractivity contribution in [2.75, 3.05) is 18.0 Å². The number of carbonyl (C=O) groups is 1. The van der Waals surface area contributed by atoms with Crippen LogP contribution in [0.1, 0.15) is 6.42 Å². The van der Waals surface area contributed by atoms with Crippen LogP contribution < -0.4 is 10.2 Å². The number of benzene rings is 1. The number of hydrogen-bond donors (Lipinski definition) is 1. The second-order valence-corrected chi connectivity index (χ2v) is 4.28. The maximum Gasteiger partial charge on any atom is 0.245 e. The Kier molecular flexibility index (Phi) is 3.62. The van der Waals surface area contributed by atoms with Crippen molar-refractivity contribution in [2.45, 2.75) is 12.5 Å². The lowest BCUT2D eigenvalue weighted by Crippen LogP contribution is -2.55. The quantitative estimate of drug-likeness (QED) is 0.865. The Bertz CT molecular complexity index is 469. The largest absolute Gasteiger partial charge is 0.310 e. The van der Waals surface area contributed by atoms with Crippen molar-refractivity contribution in [3.8, 4) is 6.07 Å². The Morgan fingerprint density at radius 3 is 3.12 bits per heavy atom. The van der Waals surface area contributed by atoms with Crippen molar-refractivity contribution in [2.24, 2.45) is 0 Å². The zero-order chi connectivity index (χ0) is 12.3. The van der Waals surface area contributed by atoms with Crippen LogP contribution >= 0.6 is 11.6 Å². The SMILES string of the molecule is N#CCC1NCCN(c2cccc(Cl)c2)C1=O. The summed E-state index contributed by atoms with van der Waals surface area (Å²) < 4.78 is 0. The molecule has 0 aliphatic carbocycles. The second-order valence-electron chi connectivity index (χ2n) is 3.84. The van der Waals surface area contributed by atoms with Crippen LogP contribution in [0.3, 0.4) is 0 Å². The van der Waals surface area contributed by atoms with Gasteiger partial charge in [0.25, 0.3) is 0 Å². The number of nitriles is 1. The van der Waals surface area contributed by atoms with Crippen molar-refractivity contribution in [1.82, 2.24) is 5.32 Å². The molecule has 5 heteroatoms. The number of piperazine rings is 1. The fourth-order valence-electron chi connectivity index (χ4n) is 1.89. The first-order chi connectivity index (χ1) is 8.22. The number of anilines is 1. The molecule has 1 saturated heterocycles. The van der Waals surface area contributed by atoms with Crippen molar-refractivity contribution in [1.29, 1.82) is 5.26 Å². The fourth-order valence-corrected chi connectivity index (χ4v) is 2.07. The molecule has 0 spiro atoms. The molecule has 1 atom stereocenters. The van der Waals surface area contributed by atoms with Gasteiger partial charge in [0.2, 0.25) is 5.91 Å². The van der Waals surface area contributed by atoms with Gasteiger partial charge >= 0.3 is 0 Å². The van der Waals surface area contributed by atoms with Gasteiger partial charge in [-0.1, -0.05) is 17.7 Å². The smallest absolute Gasteiger partial charge is 0.245 e. The molecule has 0 radical (unpaired) electrons. The van der Waals surface area contributed by atoms with Crippen LogP contribution in [-0.4, -0.2) is 25.0 Å². The zero-order valence-corrected chi connectivity index (χ0v) is 9.94. The fraction of sp³-hybridized carbons (Fsp3) is 0.333. The highest BCUT2D eigenvalue weighted by molar-refractivity contribution is 6.30. The lowest BCUT2D eigenvalue weighted by molar-refractivity contribution is -0.121.